The molecule has 2 saturated heterocycles. The number of carbonyl (C=O) groups is 2. The maximum atomic E-state index is 12.2. The van der Waals surface area contributed by atoms with Crippen molar-refractivity contribution in [2.24, 2.45) is 5.92 Å². The Hall–Kier alpha value is -1.10. The monoisotopic (exact) mass is 266 g/mol. The van der Waals surface area contributed by atoms with Gasteiger partial charge in [0.15, 0.2) is 0 Å². The predicted octanol–water partition coefficient (Wildman–Crippen LogP) is 0.636. The normalized spacial score (nSPS) is 27.1. The molecule has 0 aromatic heterocycles. The molecule has 0 bridgehead atoms. The summed E-state index contributed by atoms with van der Waals surface area (Å²) in [6.07, 6.45) is 5.23. The highest BCUT2D eigenvalue weighted by atomic mass is 16.5. The smallest absolute Gasteiger partial charge is 0.245 e. The average Bonchev–Trinajstić information content (AvgIpc) is 3.08. The van der Waals surface area contributed by atoms with Crippen molar-refractivity contribution in [3.05, 3.63) is 0 Å². The maximum absolute atomic E-state index is 12.2. The summed E-state index contributed by atoms with van der Waals surface area (Å²) in [7, 11) is 0. The van der Waals surface area contributed by atoms with Crippen molar-refractivity contribution in [1.29, 1.82) is 0 Å². The standard InChI is InChI=1S/C14H22N2O3/c17-13-9-15(6-2-8-19-10-11-4-5-11)14(18)12-3-1-7-16(12)13/h11-12H,1-10H2. The topological polar surface area (TPSA) is 49.9 Å². The van der Waals surface area contributed by atoms with Crippen LogP contribution in [0, 0.1) is 5.92 Å². The van der Waals surface area contributed by atoms with Gasteiger partial charge in [-0.25, -0.2) is 0 Å². The zero-order valence-corrected chi connectivity index (χ0v) is 11.3. The second kappa shape index (κ2) is 5.49. The van der Waals surface area contributed by atoms with E-state index in [-0.39, 0.29) is 24.4 Å². The number of ether oxygens (including phenoxy) is 1. The first-order chi connectivity index (χ1) is 9.25. The lowest BCUT2D eigenvalue weighted by Crippen LogP contribution is -2.57. The summed E-state index contributed by atoms with van der Waals surface area (Å²) < 4.78 is 5.56. The Kier molecular flexibility index (Phi) is 3.73. The molecule has 19 heavy (non-hydrogen) atoms. The Morgan fingerprint density at radius 2 is 2.05 bits per heavy atom. The molecular weight excluding hydrogens is 244 g/mol. The number of hydrogen-bond acceptors (Lipinski definition) is 3. The highest BCUT2D eigenvalue weighted by Gasteiger charge is 2.41. The number of hydrogen-bond donors (Lipinski definition) is 0. The van der Waals surface area contributed by atoms with E-state index in [0.29, 0.717) is 13.2 Å². The van der Waals surface area contributed by atoms with Gasteiger partial charge < -0.3 is 14.5 Å². The lowest BCUT2D eigenvalue weighted by molar-refractivity contribution is -0.153. The van der Waals surface area contributed by atoms with Gasteiger partial charge in [-0.2, -0.15) is 0 Å². The summed E-state index contributed by atoms with van der Waals surface area (Å²) in [5.74, 6) is 1.03. The molecule has 0 N–H and O–H groups in total. The lowest BCUT2D eigenvalue weighted by Gasteiger charge is -2.36. The number of carbonyl (C=O) groups excluding carboxylic acids is 2. The number of amides is 2. The molecule has 3 aliphatic rings. The fourth-order valence-electron chi connectivity index (χ4n) is 2.95. The predicted molar refractivity (Wildman–Crippen MR) is 69.5 cm³/mol. The maximum Gasteiger partial charge on any atom is 0.245 e. The van der Waals surface area contributed by atoms with Crippen molar-refractivity contribution in [1.82, 2.24) is 9.80 Å². The van der Waals surface area contributed by atoms with Crippen LogP contribution in [0.4, 0.5) is 0 Å². The molecule has 0 aromatic carbocycles. The molecule has 0 spiro atoms. The van der Waals surface area contributed by atoms with Gasteiger partial charge in [0.25, 0.3) is 0 Å². The van der Waals surface area contributed by atoms with E-state index >= 15 is 0 Å². The fraction of sp³-hybridized carbons (Fsp3) is 0.857. The second-order valence-corrected chi connectivity index (χ2v) is 5.88. The Labute approximate surface area is 113 Å². The van der Waals surface area contributed by atoms with Crippen molar-refractivity contribution in [3.63, 3.8) is 0 Å². The summed E-state index contributed by atoms with van der Waals surface area (Å²) >= 11 is 0. The van der Waals surface area contributed by atoms with Crippen LogP contribution >= 0.6 is 0 Å². The third kappa shape index (κ3) is 2.91. The average molecular weight is 266 g/mol. The van der Waals surface area contributed by atoms with Gasteiger partial charge in [0.2, 0.25) is 11.8 Å². The van der Waals surface area contributed by atoms with Crippen LogP contribution in [0.1, 0.15) is 32.1 Å². The summed E-state index contributed by atoms with van der Waals surface area (Å²) in [5.41, 5.74) is 0. The fourth-order valence-corrected chi connectivity index (χ4v) is 2.95. The highest BCUT2D eigenvalue weighted by Crippen LogP contribution is 2.28. The van der Waals surface area contributed by atoms with E-state index in [1.165, 1.54) is 12.8 Å². The molecule has 1 atom stereocenters. The van der Waals surface area contributed by atoms with Gasteiger partial charge >= 0.3 is 0 Å². The molecule has 5 nitrogen and oxygen atoms in total. The quantitative estimate of drug-likeness (QED) is 0.663. The molecule has 3 fully saturated rings. The van der Waals surface area contributed by atoms with Crippen LogP contribution in [0.3, 0.4) is 0 Å². The van der Waals surface area contributed by atoms with E-state index in [1.807, 2.05) is 0 Å². The van der Waals surface area contributed by atoms with Crippen molar-refractivity contribution < 1.29 is 14.3 Å². The van der Waals surface area contributed by atoms with Gasteiger partial charge in [-0.05, 0) is 38.0 Å². The molecule has 106 valence electrons. The number of fused-ring (bicyclic) bond motifs is 1. The zero-order valence-electron chi connectivity index (χ0n) is 11.3. The summed E-state index contributed by atoms with van der Waals surface area (Å²) in [4.78, 5) is 27.6. The van der Waals surface area contributed by atoms with E-state index in [9.17, 15) is 9.59 Å². The Morgan fingerprint density at radius 1 is 1.21 bits per heavy atom. The molecular formula is C14H22N2O3. The molecule has 2 amide bonds. The van der Waals surface area contributed by atoms with E-state index in [1.54, 1.807) is 9.80 Å². The minimum absolute atomic E-state index is 0.112. The van der Waals surface area contributed by atoms with Crippen LogP contribution < -0.4 is 0 Å². The minimum atomic E-state index is -0.173. The van der Waals surface area contributed by atoms with Crippen LogP contribution in [0.5, 0.6) is 0 Å². The van der Waals surface area contributed by atoms with Gasteiger partial charge in [0, 0.05) is 26.3 Å². The summed E-state index contributed by atoms with van der Waals surface area (Å²) in [6.45, 7) is 3.23. The highest BCUT2D eigenvalue weighted by molar-refractivity contribution is 5.95. The van der Waals surface area contributed by atoms with Crippen LogP contribution in [0.15, 0.2) is 0 Å². The molecule has 2 heterocycles. The summed E-state index contributed by atoms with van der Waals surface area (Å²) in [5, 5.41) is 0. The van der Waals surface area contributed by atoms with Gasteiger partial charge in [0.1, 0.15) is 6.04 Å². The third-order valence-electron chi connectivity index (χ3n) is 4.26. The first-order valence-corrected chi connectivity index (χ1v) is 7.41. The molecule has 0 aromatic rings. The third-order valence-corrected chi connectivity index (χ3v) is 4.26. The van der Waals surface area contributed by atoms with Crippen LogP contribution in [-0.4, -0.2) is 60.5 Å². The number of nitrogens with zero attached hydrogens (tertiary/aromatic N) is 2. The molecule has 1 aliphatic carbocycles. The Morgan fingerprint density at radius 3 is 2.84 bits per heavy atom. The molecule has 5 heteroatoms. The number of piperazine rings is 1. The van der Waals surface area contributed by atoms with Gasteiger partial charge in [-0.1, -0.05) is 0 Å². The van der Waals surface area contributed by atoms with Crippen LogP contribution in [-0.2, 0) is 14.3 Å². The lowest BCUT2D eigenvalue weighted by atomic mass is 10.1. The number of rotatable bonds is 6. The van der Waals surface area contributed by atoms with Gasteiger partial charge in [0.05, 0.1) is 6.54 Å². The van der Waals surface area contributed by atoms with Crippen LogP contribution in [0.2, 0.25) is 0 Å². The van der Waals surface area contributed by atoms with Crippen molar-refractivity contribution in [2.45, 2.75) is 38.1 Å². The molecule has 3 rings (SSSR count). The molecule has 2 aliphatic heterocycles. The second-order valence-electron chi connectivity index (χ2n) is 5.88. The van der Waals surface area contributed by atoms with Crippen molar-refractivity contribution in [3.8, 4) is 0 Å². The largest absolute Gasteiger partial charge is 0.381 e. The Balaban J connectivity index is 1.42. The minimum Gasteiger partial charge on any atom is -0.381 e. The Bertz CT molecular complexity index is 368. The zero-order chi connectivity index (χ0) is 13.2. The summed E-state index contributed by atoms with van der Waals surface area (Å²) in [6, 6.07) is -0.173. The SMILES string of the molecule is O=C1C2CCCN2C(=O)CN1CCCOCC1CC1. The van der Waals surface area contributed by atoms with E-state index in [4.69, 9.17) is 4.74 Å². The first kappa shape index (κ1) is 12.9. The molecule has 1 unspecified atom stereocenters. The van der Waals surface area contributed by atoms with Crippen molar-refractivity contribution >= 4 is 11.8 Å². The van der Waals surface area contributed by atoms with Crippen LogP contribution in [0.25, 0.3) is 0 Å². The first-order valence-electron chi connectivity index (χ1n) is 7.41. The molecule has 1 saturated carbocycles. The van der Waals surface area contributed by atoms with E-state index in [2.05, 4.69) is 0 Å². The van der Waals surface area contributed by atoms with E-state index < -0.39 is 0 Å². The van der Waals surface area contributed by atoms with Crippen molar-refractivity contribution in [2.75, 3.05) is 32.8 Å². The van der Waals surface area contributed by atoms with E-state index in [0.717, 1.165) is 38.3 Å². The molecule has 0 radical (unpaired) electrons. The van der Waals surface area contributed by atoms with Gasteiger partial charge in [-0.15, -0.1) is 0 Å². The van der Waals surface area contributed by atoms with Gasteiger partial charge in [-0.3, -0.25) is 9.59 Å².